The standard InChI is InChI=1S/C31H37BrF3N3O4/c32-25-16-24(31(33,34)35)17-26(18-25)37-30(42)38-28(21-8-6-20(7-9-21)19-4-2-1-3-5-19)22-10-12-23(13-11-22)29(41)36-15-14-27(39)40/h10-13,16-21,28H,1-9,14-15H2,(H,36,41)(H,39,40)(H2,37,38,42)/t20-,21-,28?. The molecule has 42 heavy (non-hydrogen) atoms. The zero-order valence-corrected chi connectivity index (χ0v) is 24.9. The van der Waals surface area contributed by atoms with Gasteiger partial charge in [0.1, 0.15) is 0 Å². The van der Waals surface area contributed by atoms with Crippen LogP contribution >= 0.6 is 15.9 Å². The Morgan fingerprint density at radius 1 is 0.905 bits per heavy atom. The SMILES string of the molecule is O=C(O)CCNC(=O)c1ccc(C(NC(=O)Nc2cc(Br)cc(C(F)(F)F)c2)[C@H]2CC[C@H](C3CCCCC3)CC2)cc1. The first-order valence-electron chi connectivity index (χ1n) is 14.5. The molecule has 0 heterocycles. The molecule has 1 unspecified atom stereocenters. The fourth-order valence-corrected chi connectivity index (χ4v) is 6.88. The molecule has 4 N–H and O–H groups in total. The molecule has 0 radical (unpaired) electrons. The van der Waals surface area contributed by atoms with Crippen LogP contribution in [0.2, 0.25) is 0 Å². The molecule has 7 nitrogen and oxygen atoms in total. The first-order chi connectivity index (χ1) is 20.0. The van der Waals surface area contributed by atoms with E-state index in [-0.39, 0.29) is 29.0 Å². The fraction of sp³-hybridized carbons (Fsp3) is 0.516. The molecular weight excluding hydrogens is 615 g/mol. The minimum absolute atomic E-state index is 0.0101. The highest BCUT2D eigenvalue weighted by atomic mass is 79.9. The molecule has 228 valence electrons. The van der Waals surface area contributed by atoms with Gasteiger partial charge < -0.3 is 21.1 Å². The van der Waals surface area contributed by atoms with Crippen LogP contribution in [0, 0.1) is 17.8 Å². The van der Waals surface area contributed by atoms with Gasteiger partial charge in [-0.05, 0) is 79.3 Å². The Hall–Kier alpha value is -3.08. The quantitative estimate of drug-likeness (QED) is 0.221. The van der Waals surface area contributed by atoms with E-state index in [1.807, 2.05) is 0 Å². The number of carboxylic acid groups (broad SMARTS) is 1. The summed E-state index contributed by atoms with van der Waals surface area (Å²) in [5, 5.41) is 16.9. The maximum atomic E-state index is 13.3. The molecule has 1 atom stereocenters. The van der Waals surface area contributed by atoms with Gasteiger partial charge in [0.25, 0.3) is 5.91 Å². The van der Waals surface area contributed by atoms with Gasteiger partial charge in [-0.3, -0.25) is 9.59 Å². The second-order valence-corrected chi connectivity index (χ2v) is 12.3. The lowest BCUT2D eigenvalue weighted by Gasteiger charge is -2.38. The Morgan fingerprint density at radius 3 is 2.17 bits per heavy atom. The summed E-state index contributed by atoms with van der Waals surface area (Å²) in [6, 6.07) is 9.05. The van der Waals surface area contributed by atoms with Crippen LogP contribution in [0.15, 0.2) is 46.9 Å². The maximum absolute atomic E-state index is 13.3. The zero-order valence-electron chi connectivity index (χ0n) is 23.3. The van der Waals surface area contributed by atoms with E-state index in [1.54, 1.807) is 24.3 Å². The summed E-state index contributed by atoms with van der Waals surface area (Å²) in [4.78, 5) is 36.3. The highest BCUT2D eigenvalue weighted by Gasteiger charge is 2.34. The number of urea groups is 1. The molecule has 0 saturated heterocycles. The molecule has 2 aliphatic rings. The predicted octanol–water partition coefficient (Wildman–Crippen LogP) is 7.92. The number of nitrogens with one attached hydrogen (secondary N) is 3. The van der Waals surface area contributed by atoms with Crippen LogP contribution in [0.25, 0.3) is 0 Å². The molecule has 11 heteroatoms. The topological polar surface area (TPSA) is 108 Å². The molecule has 0 aliphatic heterocycles. The number of carbonyl (C=O) groups is 3. The Kier molecular flexibility index (Phi) is 10.9. The van der Waals surface area contributed by atoms with Gasteiger partial charge >= 0.3 is 18.2 Å². The van der Waals surface area contributed by atoms with Gasteiger partial charge in [0.15, 0.2) is 0 Å². The van der Waals surface area contributed by atoms with E-state index in [0.717, 1.165) is 49.3 Å². The Morgan fingerprint density at radius 2 is 1.55 bits per heavy atom. The number of amides is 3. The molecular formula is C31H37BrF3N3O4. The van der Waals surface area contributed by atoms with Gasteiger partial charge in [-0.2, -0.15) is 13.2 Å². The van der Waals surface area contributed by atoms with Crippen LogP contribution in [0.1, 0.15) is 91.7 Å². The molecule has 3 amide bonds. The number of halogens is 4. The Balaban J connectivity index is 1.48. The van der Waals surface area contributed by atoms with E-state index < -0.39 is 35.7 Å². The van der Waals surface area contributed by atoms with Crippen LogP contribution < -0.4 is 16.0 Å². The fourth-order valence-electron chi connectivity index (χ4n) is 6.39. The lowest BCUT2D eigenvalue weighted by molar-refractivity contribution is -0.138. The number of rotatable bonds is 9. The van der Waals surface area contributed by atoms with Crippen LogP contribution in [0.5, 0.6) is 0 Å². The third-order valence-electron chi connectivity index (χ3n) is 8.53. The van der Waals surface area contributed by atoms with Crippen LogP contribution in [0.3, 0.4) is 0 Å². The number of hydrogen-bond donors (Lipinski definition) is 4. The normalized spacial score (nSPS) is 20.4. The second-order valence-electron chi connectivity index (χ2n) is 11.4. The molecule has 2 saturated carbocycles. The second kappa shape index (κ2) is 14.4. The molecule has 2 aliphatic carbocycles. The van der Waals surface area contributed by atoms with E-state index in [2.05, 4.69) is 31.9 Å². The van der Waals surface area contributed by atoms with Crippen LogP contribution in [-0.4, -0.2) is 29.6 Å². The third-order valence-corrected chi connectivity index (χ3v) is 8.99. The van der Waals surface area contributed by atoms with Crippen LogP contribution in [0.4, 0.5) is 23.7 Å². The van der Waals surface area contributed by atoms with Crippen molar-refractivity contribution < 1.29 is 32.7 Å². The van der Waals surface area contributed by atoms with Gasteiger partial charge in [0, 0.05) is 22.3 Å². The van der Waals surface area contributed by atoms with E-state index in [1.165, 1.54) is 38.2 Å². The van der Waals surface area contributed by atoms with Gasteiger partial charge in [-0.1, -0.05) is 60.2 Å². The van der Waals surface area contributed by atoms with Crippen molar-refractivity contribution >= 4 is 39.5 Å². The predicted molar refractivity (Wildman–Crippen MR) is 157 cm³/mol. The van der Waals surface area contributed by atoms with Crippen molar-refractivity contribution in [3.63, 3.8) is 0 Å². The van der Waals surface area contributed by atoms with E-state index in [9.17, 15) is 27.6 Å². The zero-order chi connectivity index (χ0) is 30.3. The number of aliphatic carboxylic acids is 1. The van der Waals surface area contributed by atoms with Gasteiger partial charge in [0.2, 0.25) is 0 Å². The molecule has 2 aromatic rings. The minimum atomic E-state index is -4.56. The molecule has 0 bridgehead atoms. The largest absolute Gasteiger partial charge is 0.481 e. The van der Waals surface area contributed by atoms with Crippen molar-refractivity contribution in [3.8, 4) is 0 Å². The first kappa shape index (κ1) is 31.8. The first-order valence-corrected chi connectivity index (χ1v) is 15.3. The minimum Gasteiger partial charge on any atom is -0.481 e. The number of anilines is 1. The summed E-state index contributed by atoms with van der Waals surface area (Å²) in [7, 11) is 0. The molecule has 2 fully saturated rings. The summed E-state index contributed by atoms with van der Waals surface area (Å²) in [6.07, 6.45) is 5.67. The lowest BCUT2D eigenvalue weighted by Crippen LogP contribution is -2.38. The van der Waals surface area contributed by atoms with Gasteiger partial charge in [-0.25, -0.2) is 4.79 Å². The van der Waals surface area contributed by atoms with E-state index in [0.29, 0.717) is 11.5 Å². The average molecular weight is 653 g/mol. The third kappa shape index (κ3) is 8.96. The summed E-state index contributed by atoms with van der Waals surface area (Å²) >= 11 is 3.09. The Labute approximate surface area is 252 Å². The number of carboxylic acids is 1. The molecule has 2 aromatic carbocycles. The number of alkyl halides is 3. The smallest absolute Gasteiger partial charge is 0.416 e. The van der Waals surface area contributed by atoms with Crippen molar-refractivity contribution in [3.05, 3.63) is 63.6 Å². The summed E-state index contributed by atoms with van der Waals surface area (Å²) in [5.41, 5.74) is 0.296. The van der Waals surface area contributed by atoms with Crippen molar-refractivity contribution in [2.24, 2.45) is 17.8 Å². The van der Waals surface area contributed by atoms with E-state index >= 15 is 0 Å². The Bertz CT molecular complexity index is 1240. The highest BCUT2D eigenvalue weighted by Crippen LogP contribution is 2.43. The van der Waals surface area contributed by atoms with Crippen molar-refractivity contribution in [1.82, 2.24) is 10.6 Å². The van der Waals surface area contributed by atoms with Crippen molar-refractivity contribution in [2.45, 2.75) is 76.4 Å². The number of hydrogen-bond acceptors (Lipinski definition) is 3. The highest BCUT2D eigenvalue weighted by molar-refractivity contribution is 9.10. The number of benzene rings is 2. The van der Waals surface area contributed by atoms with Crippen molar-refractivity contribution in [2.75, 3.05) is 11.9 Å². The number of carbonyl (C=O) groups excluding carboxylic acids is 2. The molecule has 0 spiro atoms. The summed E-state index contributed by atoms with van der Waals surface area (Å²) in [5.74, 6) is 0.156. The maximum Gasteiger partial charge on any atom is 0.416 e. The average Bonchev–Trinajstić information content (AvgIpc) is 2.95. The summed E-state index contributed by atoms with van der Waals surface area (Å²) < 4.78 is 40.1. The molecule has 4 rings (SSSR count). The van der Waals surface area contributed by atoms with Gasteiger partial charge in [-0.15, -0.1) is 0 Å². The molecule has 0 aromatic heterocycles. The summed E-state index contributed by atoms with van der Waals surface area (Å²) in [6.45, 7) is 0.0101. The monoisotopic (exact) mass is 651 g/mol. The lowest BCUT2D eigenvalue weighted by atomic mass is 9.69. The van der Waals surface area contributed by atoms with Crippen LogP contribution in [-0.2, 0) is 11.0 Å². The van der Waals surface area contributed by atoms with Crippen molar-refractivity contribution in [1.29, 1.82) is 0 Å². The van der Waals surface area contributed by atoms with E-state index in [4.69, 9.17) is 5.11 Å². The van der Waals surface area contributed by atoms with Gasteiger partial charge in [0.05, 0.1) is 18.0 Å².